The fourth-order valence-corrected chi connectivity index (χ4v) is 1.81. The average molecular weight is 238 g/mol. The molecule has 4 heteroatoms. The third kappa shape index (κ3) is 3.66. The van der Waals surface area contributed by atoms with Crippen molar-refractivity contribution in [3.63, 3.8) is 0 Å². The molecule has 0 bridgehead atoms. The maximum atomic E-state index is 11.0. The standard InChI is InChI=1S/C13H18O4/c1-8(2)4-3-5-9-6-10(14)7-11(15)12(9)13(16)17/h6-8,14-15H,3-5H2,1-2H3,(H,16,17). The molecule has 0 aromatic heterocycles. The summed E-state index contributed by atoms with van der Waals surface area (Å²) in [7, 11) is 0. The van der Waals surface area contributed by atoms with Crippen LogP contribution >= 0.6 is 0 Å². The number of hydrogen-bond donors (Lipinski definition) is 3. The molecule has 0 aliphatic carbocycles. The maximum Gasteiger partial charge on any atom is 0.339 e. The summed E-state index contributed by atoms with van der Waals surface area (Å²) in [5.74, 6) is -1.10. The van der Waals surface area contributed by atoms with Crippen LogP contribution in [0.1, 0.15) is 42.6 Å². The molecule has 0 unspecified atom stereocenters. The van der Waals surface area contributed by atoms with Crippen molar-refractivity contribution in [2.75, 3.05) is 0 Å². The Morgan fingerprint density at radius 3 is 2.47 bits per heavy atom. The summed E-state index contributed by atoms with van der Waals surface area (Å²) in [6, 6.07) is 2.46. The van der Waals surface area contributed by atoms with E-state index in [1.165, 1.54) is 6.07 Å². The maximum absolute atomic E-state index is 11.0. The number of benzene rings is 1. The molecule has 3 N–H and O–H groups in total. The van der Waals surface area contributed by atoms with Crippen LogP contribution in [0.4, 0.5) is 0 Å². The van der Waals surface area contributed by atoms with Crippen LogP contribution in [0, 0.1) is 5.92 Å². The van der Waals surface area contributed by atoms with Crippen molar-refractivity contribution in [3.8, 4) is 11.5 Å². The lowest BCUT2D eigenvalue weighted by molar-refractivity contribution is 0.0692. The van der Waals surface area contributed by atoms with Gasteiger partial charge in [0.25, 0.3) is 0 Å². The molecule has 1 rings (SSSR count). The number of phenols is 2. The van der Waals surface area contributed by atoms with Gasteiger partial charge in [0.2, 0.25) is 0 Å². The number of hydrogen-bond acceptors (Lipinski definition) is 3. The molecular formula is C13H18O4. The number of rotatable bonds is 5. The molecule has 0 heterocycles. The van der Waals surface area contributed by atoms with Gasteiger partial charge in [0.15, 0.2) is 0 Å². The molecule has 0 atom stereocenters. The molecule has 0 fully saturated rings. The quantitative estimate of drug-likeness (QED) is 0.737. The average Bonchev–Trinajstić information content (AvgIpc) is 2.14. The van der Waals surface area contributed by atoms with Gasteiger partial charge in [-0.05, 0) is 30.4 Å². The lowest BCUT2D eigenvalue weighted by Gasteiger charge is -2.10. The summed E-state index contributed by atoms with van der Waals surface area (Å²) in [6.45, 7) is 4.19. The van der Waals surface area contributed by atoms with E-state index >= 15 is 0 Å². The zero-order valence-corrected chi connectivity index (χ0v) is 10.1. The van der Waals surface area contributed by atoms with Gasteiger partial charge in [-0.3, -0.25) is 0 Å². The minimum absolute atomic E-state index is 0.105. The van der Waals surface area contributed by atoms with Crippen molar-refractivity contribution >= 4 is 5.97 Å². The second-order valence-corrected chi connectivity index (χ2v) is 4.59. The molecule has 4 nitrogen and oxygen atoms in total. The van der Waals surface area contributed by atoms with Crippen molar-refractivity contribution in [2.45, 2.75) is 33.1 Å². The fourth-order valence-electron chi connectivity index (χ4n) is 1.81. The van der Waals surface area contributed by atoms with Gasteiger partial charge in [0, 0.05) is 6.07 Å². The molecular weight excluding hydrogens is 220 g/mol. The third-order valence-electron chi connectivity index (χ3n) is 2.63. The zero-order chi connectivity index (χ0) is 13.0. The van der Waals surface area contributed by atoms with Crippen LogP contribution in [0.15, 0.2) is 12.1 Å². The van der Waals surface area contributed by atoms with E-state index in [-0.39, 0.29) is 17.1 Å². The van der Waals surface area contributed by atoms with Crippen LogP contribution in [0.25, 0.3) is 0 Å². The van der Waals surface area contributed by atoms with Gasteiger partial charge in [-0.25, -0.2) is 4.79 Å². The topological polar surface area (TPSA) is 77.8 Å². The predicted molar refractivity (Wildman–Crippen MR) is 64.5 cm³/mol. The lowest BCUT2D eigenvalue weighted by atomic mass is 9.98. The summed E-state index contributed by atoms with van der Waals surface area (Å²) in [4.78, 5) is 11.0. The fraction of sp³-hybridized carbons (Fsp3) is 0.462. The molecule has 0 radical (unpaired) electrons. The first-order chi connectivity index (χ1) is 7.91. The molecule has 1 aromatic carbocycles. The Morgan fingerprint density at radius 1 is 1.29 bits per heavy atom. The molecule has 94 valence electrons. The highest BCUT2D eigenvalue weighted by molar-refractivity contribution is 5.92. The number of aryl methyl sites for hydroxylation is 1. The molecule has 0 aliphatic heterocycles. The van der Waals surface area contributed by atoms with E-state index in [0.717, 1.165) is 18.9 Å². The molecule has 17 heavy (non-hydrogen) atoms. The Bertz CT molecular complexity index is 410. The van der Waals surface area contributed by atoms with E-state index in [9.17, 15) is 15.0 Å². The van der Waals surface area contributed by atoms with Crippen molar-refractivity contribution in [1.82, 2.24) is 0 Å². The van der Waals surface area contributed by atoms with E-state index in [4.69, 9.17) is 5.11 Å². The van der Waals surface area contributed by atoms with Crippen molar-refractivity contribution in [2.24, 2.45) is 5.92 Å². The number of carboxylic acid groups (broad SMARTS) is 1. The zero-order valence-electron chi connectivity index (χ0n) is 10.1. The van der Waals surface area contributed by atoms with E-state index in [0.29, 0.717) is 17.9 Å². The number of carbonyl (C=O) groups is 1. The summed E-state index contributed by atoms with van der Waals surface area (Å²) >= 11 is 0. The van der Waals surface area contributed by atoms with Gasteiger partial charge in [-0.15, -0.1) is 0 Å². The van der Waals surface area contributed by atoms with Gasteiger partial charge in [-0.1, -0.05) is 20.3 Å². The number of carboxylic acids is 1. The molecule has 0 saturated carbocycles. The first-order valence-electron chi connectivity index (χ1n) is 5.70. The lowest BCUT2D eigenvalue weighted by Crippen LogP contribution is -2.03. The van der Waals surface area contributed by atoms with E-state index in [1.807, 2.05) is 0 Å². The SMILES string of the molecule is CC(C)CCCc1cc(O)cc(O)c1C(=O)O. The van der Waals surface area contributed by atoms with Gasteiger partial charge in [0.1, 0.15) is 17.1 Å². The minimum Gasteiger partial charge on any atom is -0.508 e. The van der Waals surface area contributed by atoms with Crippen LogP contribution in [-0.4, -0.2) is 21.3 Å². The van der Waals surface area contributed by atoms with E-state index in [2.05, 4.69) is 13.8 Å². The van der Waals surface area contributed by atoms with E-state index in [1.54, 1.807) is 0 Å². The van der Waals surface area contributed by atoms with Gasteiger partial charge in [-0.2, -0.15) is 0 Å². The highest BCUT2D eigenvalue weighted by Gasteiger charge is 2.16. The van der Waals surface area contributed by atoms with Crippen molar-refractivity contribution < 1.29 is 20.1 Å². The summed E-state index contributed by atoms with van der Waals surface area (Å²) < 4.78 is 0. The van der Waals surface area contributed by atoms with Gasteiger partial charge >= 0.3 is 5.97 Å². The predicted octanol–water partition coefficient (Wildman–Crippen LogP) is 2.77. The van der Waals surface area contributed by atoms with Crippen LogP contribution in [0.2, 0.25) is 0 Å². The number of aromatic hydroxyl groups is 2. The monoisotopic (exact) mass is 238 g/mol. The number of phenolic OH excluding ortho intramolecular Hbond substituents is 1. The third-order valence-corrected chi connectivity index (χ3v) is 2.63. The molecule has 0 amide bonds. The van der Waals surface area contributed by atoms with Gasteiger partial charge < -0.3 is 15.3 Å². The second kappa shape index (κ2) is 5.57. The Labute approximate surface area is 101 Å². The Balaban J connectivity index is 2.92. The Hall–Kier alpha value is -1.71. The minimum atomic E-state index is -1.16. The normalized spacial score (nSPS) is 10.8. The number of aromatic carboxylic acids is 1. The highest BCUT2D eigenvalue weighted by atomic mass is 16.4. The summed E-state index contributed by atoms with van der Waals surface area (Å²) in [5, 5.41) is 27.9. The highest BCUT2D eigenvalue weighted by Crippen LogP contribution is 2.28. The summed E-state index contributed by atoms with van der Waals surface area (Å²) in [6.07, 6.45) is 2.36. The molecule has 1 aromatic rings. The first kappa shape index (κ1) is 13.4. The molecule has 0 aliphatic rings. The van der Waals surface area contributed by atoms with E-state index < -0.39 is 5.97 Å². The van der Waals surface area contributed by atoms with Crippen LogP contribution in [-0.2, 0) is 6.42 Å². The first-order valence-corrected chi connectivity index (χ1v) is 5.70. The van der Waals surface area contributed by atoms with Crippen LogP contribution in [0.3, 0.4) is 0 Å². The Kier molecular flexibility index (Phi) is 4.37. The molecule has 0 saturated heterocycles. The van der Waals surface area contributed by atoms with Crippen molar-refractivity contribution in [1.29, 1.82) is 0 Å². The van der Waals surface area contributed by atoms with Crippen molar-refractivity contribution in [3.05, 3.63) is 23.3 Å². The van der Waals surface area contributed by atoms with Crippen LogP contribution < -0.4 is 0 Å². The smallest absolute Gasteiger partial charge is 0.339 e. The summed E-state index contributed by atoms with van der Waals surface area (Å²) in [5.41, 5.74) is 0.377. The van der Waals surface area contributed by atoms with Crippen LogP contribution in [0.5, 0.6) is 11.5 Å². The second-order valence-electron chi connectivity index (χ2n) is 4.59. The Morgan fingerprint density at radius 2 is 1.94 bits per heavy atom. The largest absolute Gasteiger partial charge is 0.508 e. The van der Waals surface area contributed by atoms with Gasteiger partial charge in [0.05, 0.1) is 0 Å². The molecule has 0 spiro atoms.